The van der Waals surface area contributed by atoms with Crippen molar-refractivity contribution in [3.8, 4) is 11.8 Å². The normalized spacial score (nSPS) is 14.9. The first kappa shape index (κ1) is 27.3. The topological polar surface area (TPSA) is 168 Å². The van der Waals surface area contributed by atoms with Crippen LogP contribution in [0.4, 0.5) is 27.5 Å². The molecule has 0 amide bonds. The van der Waals surface area contributed by atoms with Crippen molar-refractivity contribution in [3.63, 3.8) is 0 Å². The molecule has 0 unspecified atom stereocenters. The third kappa shape index (κ3) is 6.75. The lowest BCUT2D eigenvalue weighted by Crippen LogP contribution is -2.26. The fourth-order valence-electron chi connectivity index (χ4n) is 3.53. The number of sulfonamides is 2. The van der Waals surface area contributed by atoms with Gasteiger partial charge in [-0.1, -0.05) is 17.9 Å². The molecule has 3 aromatic rings. The molecule has 200 valence electrons. The molecule has 0 aliphatic carbocycles. The molecule has 4 rings (SSSR count). The quantitative estimate of drug-likeness (QED) is 0.183. The number of fused-ring (bicyclic) bond motifs is 4. The Kier molecular flexibility index (Phi) is 8.12. The summed E-state index contributed by atoms with van der Waals surface area (Å²) in [6.07, 6.45) is 2.12. The van der Waals surface area contributed by atoms with Crippen LogP contribution in [0.5, 0.6) is 0 Å². The minimum atomic E-state index is -4.02. The summed E-state index contributed by atoms with van der Waals surface area (Å²) in [5, 5.41) is 6.08. The smallest absolute Gasteiger partial charge is 0.243 e. The lowest BCUT2D eigenvalue weighted by atomic mass is 10.2. The molecule has 0 saturated heterocycles. The molecule has 1 aliphatic rings. The van der Waals surface area contributed by atoms with Crippen LogP contribution in [0.15, 0.2) is 52.4 Å². The maximum absolute atomic E-state index is 14.0. The van der Waals surface area contributed by atoms with Crippen LogP contribution in [-0.4, -0.2) is 46.4 Å². The molecule has 2 aromatic carbocycles. The number of rotatable bonds is 4. The second-order valence-electron chi connectivity index (χ2n) is 8.43. The Bertz CT molecular complexity index is 1640. The summed E-state index contributed by atoms with van der Waals surface area (Å²) in [6, 6.07) is 8.24. The van der Waals surface area contributed by atoms with Gasteiger partial charge >= 0.3 is 0 Å². The molecule has 0 radical (unpaired) electrons. The molecule has 1 aromatic heterocycles. The minimum Gasteiger partial charge on any atom is -0.399 e. The van der Waals surface area contributed by atoms with Crippen molar-refractivity contribution in [2.24, 2.45) is 0 Å². The summed E-state index contributed by atoms with van der Waals surface area (Å²) in [6.45, 7) is 2.24. The molecular formula is C24H26FN7O4S2. The van der Waals surface area contributed by atoms with E-state index in [9.17, 15) is 21.2 Å². The maximum atomic E-state index is 14.0. The van der Waals surface area contributed by atoms with Crippen molar-refractivity contribution in [2.45, 2.75) is 29.6 Å². The van der Waals surface area contributed by atoms with Gasteiger partial charge in [-0.2, -0.15) is 4.98 Å². The van der Waals surface area contributed by atoms with Crippen molar-refractivity contribution in [1.29, 1.82) is 0 Å². The Morgan fingerprint density at radius 2 is 2.00 bits per heavy atom. The average Bonchev–Trinajstić information content (AvgIpc) is 2.85. The van der Waals surface area contributed by atoms with Gasteiger partial charge in [0.05, 0.1) is 16.7 Å². The predicted octanol–water partition coefficient (Wildman–Crippen LogP) is 2.06. The van der Waals surface area contributed by atoms with Gasteiger partial charge in [-0.3, -0.25) is 0 Å². The van der Waals surface area contributed by atoms with E-state index in [-0.39, 0.29) is 36.0 Å². The van der Waals surface area contributed by atoms with Crippen LogP contribution in [0.3, 0.4) is 0 Å². The van der Waals surface area contributed by atoms with Crippen molar-refractivity contribution in [2.75, 3.05) is 36.0 Å². The van der Waals surface area contributed by atoms with E-state index in [2.05, 4.69) is 41.9 Å². The van der Waals surface area contributed by atoms with Crippen molar-refractivity contribution >= 4 is 43.2 Å². The SMILES string of the molecule is Cc1ccc(F)c(S(=O)(=O)NCCC#Cc2cnc3nc2NCCCNS(=O)(=O)c2cc(N)cc(c2)N3)c1. The molecule has 38 heavy (non-hydrogen) atoms. The van der Waals surface area contributed by atoms with E-state index < -0.39 is 30.8 Å². The lowest BCUT2D eigenvalue weighted by molar-refractivity contribution is 0.557. The highest BCUT2D eigenvalue weighted by Gasteiger charge is 2.19. The molecule has 4 bridgehead atoms. The predicted molar refractivity (Wildman–Crippen MR) is 142 cm³/mol. The summed E-state index contributed by atoms with van der Waals surface area (Å²) >= 11 is 0. The lowest BCUT2D eigenvalue weighted by Gasteiger charge is -2.11. The first-order valence-electron chi connectivity index (χ1n) is 11.6. The summed E-state index contributed by atoms with van der Waals surface area (Å²) in [5.41, 5.74) is 7.63. The zero-order chi connectivity index (χ0) is 27.3. The third-order valence-electron chi connectivity index (χ3n) is 5.36. The van der Waals surface area contributed by atoms with Crippen LogP contribution in [0.1, 0.15) is 24.0 Å². The van der Waals surface area contributed by atoms with Crippen molar-refractivity contribution < 1.29 is 21.2 Å². The van der Waals surface area contributed by atoms with Gasteiger partial charge in [-0.15, -0.1) is 0 Å². The molecule has 0 spiro atoms. The summed E-state index contributed by atoms with van der Waals surface area (Å²) in [4.78, 5) is 8.32. The second-order valence-corrected chi connectivity index (χ2v) is 11.9. The van der Waals surface area contributed by atoms with E-state index in [0.717, 1.165) is 6.07 Å². The highest BCUT2D eigenvalue weighted by Crippen LogP contribution is 2.24. The van der Waals surface area contributed by atoms with Gasteiger partial charge in [0.1, 0.15) is 16.5 Å². The number of aryl methyl sites for hydroxylation is 1. The number of nitrogens with zero attached hydrogens (tertiary/aromatic N) is 2. The zero-order valence-corrected chi connectivity index (χ0v) is 22.0. The molecule has 0 atom stereocenters. The number of nitrogens with one attached hydrogen (secondary N) is 4. The van der Waals surface area contributed by atoms with Crippen LogP contribution in [-0.2, 0) is 20.0 Å². The first-order valence-corrected chi connectivity index (χ1v) is 14.5. The Hall–Kier alpha value is -3.77. The zero-order valence-electron chi connectivity index (χ0n) is 20.4. The highest BCUT2D eigenvalue weighted by molar-refractivity contribution is 7.89. The number of halogens is 1. The number of nitrogens with two attached hydrogens (primary N) is 1. The second kappa shape index (κ2) is 11.3. The Morgan fingerprint density at radius 3 is 2.82 bits per heavy atom. The summed E-state index contributed by atoms with van der Waals surface area (Å²) in [5.74, 6) is 5.58. The fraction of sp³-hybridized carbons (Fsp3) is 0.250. The van der Waals surface area contributed by atoms with Gasteiger partial charge in [-0.05, 0) is 49.2 Å². The van der Waals surface area contributed by atoms with Gasteiger partial charge < -0.3 is 16.4 Å². The van der Waals surface area contributed by atoms with Crippen molar-refractivity contribution in [1.82, 2.24) is 19.4 Å². The largest absolute Gasteiger partial charge is 0.399 e. The summed E-state index contributed by atoms with van der Waals surface area (Å²) in [7, 11) is -7.77. The van der Waals surface area contributed by atoms with Gasteiger partial charge in [0, 0.05) is 37.4 Å². The molecule has 2 heterocycles. The molecule has 11 nitrogen and oxygen atoms in total. The van der Waals surface area contributed by atoms with Gasteiger partial charge in [0.15, 0.2) is 0 Å². The van der Waals surface area contributed by atoms with Gasteiger partial charge in [0.2, 0.25) is 26.0 Å². The van der Waals surface area contributed by atoms with E-state index >= 15 is 0 Å². The minimum absolute atomic E-state index is 0.0238. The molecule has 1 aliphatic heterocycles. The molecule has 0 saturated carbocycles. The standard InChI is InChI=1S/C24H26FN7O4S2/c1-16-6-7-21(25)22(11-16)38(35,36)30-9-3-2-5-17-15-28-24-31-19-12-18(26)13-20(14-19)37(33,34)29-10-4-8-27-23(17)32-24/h6-7,11-15,29-30H,3-4,8-10,26H2,1H3,(H2,27,28,31,32). The highest BCUT2D eigenvalue weighted by atomic mass is 32.2. The van der Waals surface area contributed by atoms with Crippen LogP contribution < -0.4 is 25.8 Å². The van der Waals surface area contributed by atoms with E-state index in [4.69, 9.17) is 5.73 Å². The Balaban J connectivity index is 1.49. The number of hydrogen-bond donors (Lipinski definition) is 5. The molecule has 14 heteroatoms. The van der Waals surface area contributed by atoms with E-state index in [1.54, 1.807) is 13.0 Å². The Morgan fingerprint density at radius 1 is 1.18 bits per heavy atom. The molecule has 6 N–H and O–H groups in total. The number of hydrogen-bond acceptors (Lipinski definition) is 9. The van der Waals surface area contributed by atoms with Crippen LogP contribution in [0.25, 0.3) is 0 Å². The summed E-state index contributed by atoms with van der Waals surface area (Å²) < 4.78 is 68.9. The molecular weight excluding hydrogens is 533 g/mol. The Labute approximate surface area is 220 Å². The first-order chi connectivity index (χ1) is 18.0. The number of anilines is 4. The van der Waals surface area contributed by atoms with E-state index in [1.165, 1.54) is 30.5 Å². The maximum Gasteiger partial charge on any atom is 0.243 e. The van der Waals surface area contributed by atoms with Crippen LogP contribution in [0, 0.1) is 24.6 Å². The third-order valence-corrected chi connectivity index (χ3v) is 8.28. The number of aromatic nitrogens is 2. The van der Waals surface area contributed by atoms with E-state index in [0.29, 0.717) is 35.6 Å². The number of benzene rings is 2. The number of nitrogen functional groups attached to an aromatic ring is 1. The van der Waals surface area contributed by atoms with Gasteiger partial charge in [-0.25, -0.2) is 35.7 Å². The van der Waals surface area contributed by atoms with Crippen LogP contribution >= 0.6 is 0 Å². The fourth-order valence-corrected chi connectivity index (χ4v) is 5.88. The van der Waals surface area contributed by atoms with Crippen molar-refractivity contribution in [3.05, 3.63) is 59.5 Å². The average molecular weight is 560 g/mol. The monoisotopic (exact) mass is 559 g/mol. The van der Waals surface area contributed by atoms with Crippen LogP contribution in [0.2, 0.25) is 0 Å². The van der Waals surface area contributed by atoms with Gasteiger partial charge in [0.25, 0.3) is 0 Å². The van der Waals surface area contributed by atoms with E-state index in [1.807, 2.05) is 0 Å². The molecule has 0 fully saturated rings.